The molecule has 17 heteroatoms. The molecule has 6 N–H and O–H groups in total. The van der Waals surface area contributed by atoms with Gasteiger partial charge in [-0.25, -0.2) is 9.78 Å². The minimum atomic E-state index is -1.30. The molecule has 3 heterocycles. The number of nitrogens with zero attached hydrogens (tertiary/aromatic N) is 4. The number of aliphatic carboxylic acids is 2. The highest BCUT2D eigenvalue weighted by atomic mass is 32.2. The normalized spacial score (nSPS) is 19.6. The quantitative estimate of drug-likeness (QED) is 0.113. The number of nitrogens with one attached hydrogen (secondary N) is 2. The van der Waals surface area contributed by atoms with Crippen molar-refractivity contribution in [3.63, 3.8) is 0 Å². The Labute approximate surface area is 216 Å². The summed E-state index contributed by atoms with van der Waals surface area (Å²) < 4.78 is 0. The number of nitrogens with two attached hydrogens (primary N) is 1. The summed E-state index contributed by atoms with van der Waals surface area (Å²) in [5, 5.41) is 37.9. The number of hydrogen-bond donors (Lipinski definition) is 5. The Morgan fingerprint density at radius 1 is 1.32 bits per heavy atom. The van der Waals surface area contributed by atoms with Crippen molar-refractivity contribution in [3.8, 4) is 0 Å². The Kier molecular flexibility index (Phi) is 7.46. The van der Waals surface area contributed by atoms with Gasteiger partial charge < -0.3 is 21.3 Å². The fourth-order valence-corrected chi connectivity index (χ4v) is 6.01. The van der Waals surface area contributed by atoms with Crippen LogP contribution in [0.2, 0.25) is 0 Å². The van der Waals surface area contributed by atoms with Crippen LogP contribution in [-0.4, -0.2) is 81.9 Å². The summed E-state index contributed by atoms with van der Waals surface area (Å²) in [5.74, 6) is -3.11. The first-order valence-electron chi connectivity index (χ1n) is 10.5. The summed E-state index contributed by atoms with van der Waals surface area (Å²) in [6.45, 7) is 0. The van der Waals surface area contributed by atoms with Gasteiger partial charge in [-0.15, -0.1) is 16.9 Å². The van der Waals surface area contributed by atoms with Crippen molar-refractivity contribution in [2.24, 2.45) is 5.73 Å². The van der Waals surface area contributed by atoms with Crippen molar-refractivity contribution < 1.29 is 34.3 Å². The van der Waals surface area contributed by atoms with E-state index in [-0.39, 0.29) is 40.3 Å². The number of carbonyl (C=O) groups excluding carboxylic acids is 2. The number of non-ortho nitro benzene ring substituents is 1. The van der Waals surface area contributed by atoms with Gasteiger partial charge in [0.1, 0.15) is 35.4 Å². The number of carboxylic acid groups (broad SMARTS) is 2. The molecule has 0 bridgehead atoms. The lowest BCUT2D eigenvalue weighted by Gasteiger charge is -2.49. The van der Waals surface area contributed by atoms with Crippen LogP contribution in [-0.2, 0) is 25.6 Å². The SMILES string of the molecule is NC(C(=O)NC1C(=O)N2C(C(=O)O)=C(CSc3n[nH]c(CC(=O)O)n3)CS[C@H]12)c1ccc([N+](=O)[O-])cc1. The molecule has 0 saturated carbocycles. The second kappa shape index (κ2) is 10.6. The average molecular weight is 550 g/mol. The summed E-state index contributed by atoms with van der Waals surface area (Å²) in [6, 6.07) is 2.94. The lowest BCUT2D eigenvalue weighted by atomic mass is 10.0. The number of nitro groups is 1. The fourth-order valence-electron chi connectivity index (χ4n) is 3.71. The van der Waals surface area contributed by atoms with Gasteiger partial charge in [0.15, 0.2) is 0 Å². The number of aromatic amines is 1. The van der Waals surface area contributed by atoms with Crippen LogP contribution in [0.3, 0.4) is 0 Å². The van der Waals surface area contributed by atoms with Crippen molar-refractivity contribution in [3.05, 3.63) is 57.0 Å². The first kappa shape index (κ1) is 26.1. The molecule has 1 saturated heterocycles. The van der Waals surface area contributed by atoms with Crippen LogP contribution in [0.1, 0.15) is 17.4 Å². The van der Waals surface area contributed by atoms with Gasteiger partial charge >= 0.3 is 11.9 Å². The maximum atomic E-state index is 12.8. The number of fused-ring (bicyclic) bond motifs is 1. The van der Waals surface area contributed by atoms with Gasteiger partial charge in [-0.1, -0.05) is 23.9 Å². The molecule has 194 valence electrons. The maximum absolute atomic E-state index is 12.8. The minimum Gasteiger partial charge on any atom is -0.481 e. The van der Waals surface area contributed by atoms with Crippen LogP contribution in [0.4, 0.5) is 5.69 Å². The maximum Gasteiger partial charge on any atom is 0.352 e. The molecule has 15 nitrogen and oxygen atoms in total. The Bertz CT molecular complexity index is 1310. The molecule has 2 aromatic rings. The number of carboxylic acids is 2. The molecule has 37 heavy (non-hydrogen) atoms. The van der Waals surface area contributed by atoms with Gasteiger partial charge in [-0.2, -0.15) is 0 Å². The molecule has 4 rings (SSSR count). The number of aromatic nitrogens is 3. The molecule has 2 aliphatic rings. The van der Waals surface area contributed by atoms with Gasteiger partial charge in [0, 0.05) is 23.6 Å². The summed E-state index contributed by atoms with van der Waals surface area (Å²) in [5.41, 5.74) is 6.37. The zero-order valence-corrected chi connectivity index (χ0v) is 20.3. The number of carbonyl (C=O) groups is 4. The summed E-state index contributed by atoms with van der Waals surface area (Å²) in [6.07, 6.45) is -0.336. The zero-order chi connectivity index (χ0) is 26.9. The molecule has 0 radical (unpaired) electrons. The van der Waals surface area contributed by atoms with Gasteiger partial charge in [0.25, 0.3) is 11.6 Å². The minimum absolute atomic E-state index is 0.150. The summed E-state index contributed by atoms with van der Waals surface area (Å²) >= 11 is 2.36. The van der Waals surface area contributed by atoms with Crippen LogP contribution in [0, 0.1) is 10.1 Å². The molecule has 1 aromatic carbocycles. The third-order valence-electron chi connectivity index (χ3n) is 5.50. The predicted molar refractivity (Wildman–Crippen MR) is 128 cm³/mol. The fraction of sp³-hybridized carbons (Fsp3) is 0.300. The highest BCUT2D eigenvalue weighted by Gasteiger charge is 2.54. The average Bonchev–Trinajstić information content (AvgIpc) is 3.31. The third-order valence-corrected chi connectivity index (χ3v) is 7.77. The van der Waals surface area contributed by atoms with E-state index in [0.29, 0.717) is 11.1 Å². The van der Waals surface area contributed by atoms with Crippen molar-refractivity contribution in [2.45, 2.75) is 29.0 Å². The van der Waals surface area contributed by atoms with E-state index in [1.807, 2.05) is 0 Å². The van der Waals surface area contributed by atoms with E-state index in [2.05, 4.69) is 20.5 Å². The second-order valence-corrected chi connectivity index (χ2v) is 9.95. The highest BCUT2D eigenvalue weighted by molar-refractivity contribution is 8.01. The van der Waals surface area contributed by atoms with Gasteiger partial charge in [-0.05, 0) is 11.1 Å². The van der Waals surface area contributed by atoms with E-state index in [1.165, 1.54) is 36.0 Å². The van der Waals surface area contributed by atoms with Crippen molar-refractivity contribution >= 4 is 53.0 Å². The van der Waals surface area contributed by atoms with Crippen molar-refractivity contribution in [1.29, 1.82) is 0 Å². The van der Waals surface area contributed by atoms with Gasteiger partial charge in [0.2, 0.25) is 11.1 Å². The summed E-state index contributed by atoms with van der Waals surface area (Å²) in [7, 11) is 0. The number of benzene rings is 1. The molecule has 1 fully saturated rings. The van der Waals surface area contributed by atoms with E-state index >= 15 is 0 Å². The lowest BCUT2D eigenvalue weighted by molar-refractivity contribution is -0.384. The van der Waals surface area contributed by atoms with Crippen LogP contribution in [0.15, 0.2) is 40.7 Å². The topological polar surface area (TPSA) is 235 Å². The van der Waals surface area contributed by atoms with E-state index in [1.54, 1.807) is 0 Å². The first-order chi connectivity index (χ1) is 17.6. The summed E-state index contributed by atoms with van der Waals surface area (Å²) in [4.78, 5) is 63.7. The van der Waals surface area contributed by atoms with E-state index < -0.39 is 46.1 Å². The number of hydrogen-bond acceptors (Lipinski definition) is 11. The molecule has 3 atom stereocenters. The van der Waals surface area contributed by atoms with E-state index in [9.17, 15) is 34.4 Å². The second-order valence-electron chi connectivity index (χ2n) is 7.90. The Morgan fingerprint density at radius 2 is 2.03 bits per heavy atom. The largest absolute Gasteiger partial charge is 0.481 e. The molecule has 0 spiro atoms. The van der Waals surface area contributed by atoms with Gasteiger partial charge in [0.05, 0.1) is 4.92 Å². The zero-order valence-electron chi connectivity index (χ0n) is 18.7. The highest BCUT2D eigenvalue weighted by Crippen LogP contribution is 2.41. The predicted octanol–water partition coefficient (Wildman–Crippen LogP) is -0.129. The number of amides is 2. The van der Waals surface area contributed by atoms with Crippen LogP contribution < -0.4 is 11.1 Å². The molecule has 2 unspecified atom stereocenters. The monoisotopic (exact) mass is 549 g/mol. The first-order valence-corrected chi connectivity index (χ1v) is 12.6. The Balaban J connectivity index is 1.41. The molecular formula is C20H19N7O8S2. The standard InChI is InChI=1S/C20H19N7O8S2/c21-13(8-1-3-10(4-2-8)27(34)35)16(30)23-14-17(31)26-15(19(32)33)9(6-36-18(14)26)7-37-20-22-11(24-25-20)5-12(28)29/h1-4,13-14,18H,5-7,21H2,(H,23,30)(H,28,29)(H,32,33)(H,22,24,25)/t13?,14?,18-/m1/s1. The Hall–Kier alpha value is -3.96. The number of thioether (sulfide) groups is 2. The lowest BCUT2D eigenvalue weighted by Crippen LogP contribution is -2.71. The third kappa shape index (κ3) is 5.42. The van der Waals surface area contributed by atoms with Crippen molar-refractivity contribution in [2.75, 3.05) is 11.5 Å². The number of nitro benzene ring substituents is 1. The van der Waals surface area contributed by atoms with Crippen LogP contribution >= 0.6 is 23.5 Å². The molecule has 2 amide bonds. The van der Waals surface area contributed by atoms with Gasteiger partial charge in [-0.3, -0.25) is 34.5 Å². The van der Waals surface area contributed by atoms with E-state index in [4.69, 9.17) is 10.8 Å². The number of H-pyrrole nitrogens is 1. The molecule has 1 aromatic heterocycles. The molecule has 2 aliphatic heterocycles. The number of rotatable bonds is 10. The molecule has 0 aliphatic carbocycles. The van der Waals surface area contributed by atoms with E-state index in [0.717, 1.165) is 16.7 Å². The number of β-lactam (4-membered cyclic amide) rings is 1. The van der Waals surface area contributed by atoms with Crippen LogP contribution in [0.5, 0.6) is 0 Å². The van der Waals surface area contributed by atoms with Crippen LogP contribution in [0.25, 0.3) is 0 Å². The van der Waals surface area contributed by atoms with Crippen molar-refractivity contribution in [1.82, 2.24) is 25.4 Å². The smallest absolute Gasteiger partial charge is 0.352 e. The molecular weight excluding hydrogens is 530 g/mol. The Morgan fingerprint density at radius 3 is 2.65 bits per heavy atom.